The molecule has 1 atom stereocenters. The van der Waals surface area contributed by atoms with Gasteiger partial charge >= 0.3 is 0 Å². The van der Waals surface area contributed by atoms with Crippen LogP contribution in [0.2, 0.25) is 0 Å². The van der Waals surface area contributed by atoms with E-state index in [1.54, 1.807) is 6.92 Å². The molecule has 0 spiro atoms. The molecule has 1 unspecified atom stereocenters. The van der Waals surface area contributed by atoms with Gasteiger partial charge in [-0.2, -0.15) is 12.6 Å². The van der Waals surface area contributed by atoms with E-state index in [1.165, 1.54) is 0 Å². The molecular weight excluding hydrogens is 200 g/mol. The molecule has 2 amide bonds. The van der Waals surface area contributed by atoms with Gasteiger partial charge in [0.05, 0.1) is 5.25 Å². The third kappa shape index (κ3) is 6.77. The first-order chi connectivity index (χ1) is 6.57. The molecule has 5 heteroatoms. The predicted octanol–water partition coefficient (Wildman–Crippen LogP) is 0.337. The highest BCUT2D eigenvalue weighted by atomic mass is 32.1. The Labute approximate surface area is 90.2 Å². The van der Waals surface area contributed by atoms with Crippen LogP contribution in [0.1, 0.15) is 26.7 Å². The summed E-state index contributed by atoms with van der Waals surface area (Å²) in [7, 11) is 0. The van der Waals surface area contributed by atoms with Gasteiger partial charge in [0.15, 0.2) is 0 Å². The molecule has 0 heterocycles. The van der Waals surface area contributed by atoms with Gasteiger partial charge in [-0.3, -0.25) is 9.59 Å². The van der Waals surface area contributed by atoms with Crippen LogP contribution >= 0.6 is 12.6 Å². The van der Waals surface area contributed by atoms with E-state index in [2.05, 4.69) is 23.3 Å². The average Bonchev–Trinajstić information content (AvgIpc) is 2.14. The third-order valence-corrected chi connectivity index (χ3v) is 1.84. The van der Waals surface area contributed by atoms with Crippen LogP contribution < -0.4 is 10.6 Å². The molecule has 0 aliphatic rings. The summed E-state index contributed by atoms with van der Waals surface area (Å²) in [5.41, 5.74) is 0. The fourth-order valence-corrected chi connectivity index (χ4v) is 0.891. The molecule has 4 nitrogen and oxygen atoms in total. The molecule has 0 saturated heterocycles. The van der Waals surface area contributed by atoms with Gasteiger partial charge in [-0.25, -0.2) is 0 Å². The molecule has 0 rings (SSSR count). The molecule has 2 N–H and O–H groups in total. The van der Waals surface area contributed by atoms with Crippen molar-refractivity contribution in [3.63, 3.8) is 0 Å². The second-order valence-corrected chi connectivity index (χ2v) is 3.84. The maximum Gasteiger partial charge on any atom is 0.232 e. The van der Waals surface area contributed by atoms with Gasteiger partial charge in [0, 0.05) is 19.5 Å². The molecule has 0 aromatic rings. The maximum atomic E-state index is 11.1. The zero-order valence-electron chi connectivity index (χ0n) is 8.67. The van der Waals surface area contributed by atoms with Gasteiger partial charge in [0.25, 0.3) is 0 Å². The molecule has 0 radical (unpaired) electrons. The summed E-state index contributed by atoms with van der Waals surface area (Å²) in [5, 5.41) is 5.01. The lowest BCUT2D eigenvalue weighted by molar-refractivity contribution is -0.121. The molecule has 0 aromatic carbocycles. The van der Waals surface area contributed by atoms with Crippen LogP contribution in [0, 0.1) is 0 Å². The highest BCUT2D eigenvalue weighted by molar-refractivity contribution is 7.81. The maximum absolute atomic E-state index is 11.1. The monoisotopic (exact) mass is 218 g/mol. The summed E-state index contributed by atoms with van der Waals surface area (Å²) in [5.74, 6) is -0.171. The zero-order chi connectivity index (χ0) is 11.0. The number of thiol groups is 1. The van der Waals surface area contributed by atoms with Gasteiger partial charge in [0.2, 0.25) is 11.8 Å². The highest BCUT2D eigenvalue weighted by Crippen LogP contribution is 1.91. The van der Waals surface area contributed by atoms with E-state index in [-0.39, 0.29) is 17.1 Å². The smallest absolute Gasteiger partial charge is 0.232 e. The normalized spacial score (nSPS) is 11.9. The first kappa shape index (κ1) is 13.3. The number of hydrogen-bond acceptors (Lipinski definition) is 3. The molecule has 0 fully saturated rings. The van der Waals surface area contributed by atoms with Crippen molar-refractivity contribution < 1.29 is 9.59 Å². The van der Waals surface area contributed by atoms with Crippen molar-refractivity contribution in [1.29, 1.82) is 0 Å². The second kappa shape index (κ2) is 7.67. The quantitative estimate of drug-likeness (QED) is 0.563. The number of carbonyl (C=O) groups excluding carboxylic acids is 2. The Hall–Kier alpha value is -0.710. The van der Waals surface area contributed by atoms with E-state index in [0.29, 0.717) is 19.5 Å². The van der Waals surface area contributed by atoms with Crippen LogP contribution in [0.3, 0.4) is 0 Å². The van der Waals surface area contributed by atoms with Crippen LogP contribution in [-0.4, -0.2) is 30.2 Å². The van der Waals surface area contributed by atoms with Crippen molar-refractivity contribution in [1.82, 2.24) is 10.6 Å². The minimum atomic E-state index is -0.325. The minimum Gasteiger partial charge on any atom is -0.356 e. The molecule has 0 aliphatic carbocycles. The minimum absolute atomic E-state index is 0.0287. The van der Waals surface area contributed by atoms with Gasteiger partial charge < -0.3 is 10.6 Å². The second-order valence-electron chi connectivity index (χ2n) is 3.07. The number of nitrogens with one attached hydrogen (secondary N) is 2. The van der Waals surface area contributed by atoms with E-state index in [1.807, 2.05) is 6.92 Å². The van der Waals surface area contributed by atoms with E-state index in [4.69, 9.17) is 0 Å². The highest BCUT2D eigenvalue weighted by Gasteiger charge is 2.07. The van der Waals surface area contributed by atoms with Crippen molar-refractivity contribution in [3.05, 3.63) is 0 Å². The topological polar surface area (TPSA) is 58.2 Å². The molecule has 82 valence electrons. The van der Waals surface area contributed by atoms with Crippen molar-refractivity contribution in [2.75, 3.05) is 13.1 Å². The Morgan fingerprint density at radius 3 is 2.43 bits per heavy atom. The van der Waals surface area contributed by atoms with E-state index >= 15 is 0 Å². The molecule has 0 aliphatic heterocycles. The lowest BCUT2D eigenvalue weighted by Crippen LogP contribution is -2.34. The number of rotatable bonds is 6. The summed E-state index contributed by atoms with van der Waals surface area (Å²) in [6, 6.07) is 0. The predicted molar refractivity (Wildman–Crippen MR) is 59.4 cm³/mol. The molecule has 0 bridgehead atoms. The van der Waals surface area contributed by atoms with Crippen LogP contribution in [0.15, 0.2) is 0 Å². The van der Waals surface area contributed by atoms with Crippen LogP contribution in [0.25, 0.3) is 0 Å². The Kier molecular flexibility index (Phi) is 7.28. The Morgan fingerprint density at radius 1 is 1.29 bits per heavy atom. The molecular formula is C9H18N2O2S. The van der Waals surface area contributed by atoms with Crippen molar-refractivity contribution in [2.45, 2.75) is 31.9 Å². The SMILES string of the molecule is CCCNC(=O)CCNC(=O)C(C)S. The zero-order valence-corrected chi connectivity index (χ0v) is 9.56. The van der Waals surface area contributed by atoms with E-state index in [9.17, 15) is 9.59 Å². The Bertz CT molecular complexity index is 195. The lowest BCUT2D eigenvalue weighted by Gasteiger charge is -2.07. The van der Waals surface area contributed by atoms with Crippen molar-refractivity contribution in [3.8, 4) is 0 Å². The van der Waals surface area contributed by atoms with Crippen LogP contribution in [-0.2, 0) is 9.59 Å². The van der Waals surface area contributed by atoms with E-state index in [0.717, 1.165) is 6.42 Å². The largest absolute Gasteiger partial charge is 0.356 e. The Morgan fingerprint density at radius 2 is 1.93 bits per heavy atom. The summed E-state index contributed by atoms with van der Waals surface area (Å²) in [4.78, 5) is 22.1. The van der Waals surface area contributed by atoms with Crippen molar-refractivity contribution >= 4 is 24.4 Å². The third-order valence-electron chi connectivity index (χ3n) is 1.60. The number of hydrogen-bond donors (Lipinski definition) is 3. The molecule has 0 saturated carbocycles. The van der Waals surface area contributed by atoms with Crippen LogP contribution in [0.4, 0.5) is 0 Å². The van der Waals surface area contributed by atoms with Gasteiger partial charge in [-0.15, -0.1) is 0 Å². The van der Waals surface area contributed by atoms with E-state index < -0.39 is 0 Å². The summed E-state index contributed by atoms with van der Waals surface area (Å²) < 4.78 is 0. The number of carbonyl (C=O) groups is 2. The lowest BCUT2D eigenvalue weighted by atomic mass is 10.3. The fourth-order valence-electron chi connectivity index (χ4n) is 0.800. The summed E-state index contributed by atoms with van der Waals surface area (Å²) in [6.45, 7) is 4.75. The summed E-state index contributed by atoms with van der Waals surface area (Å²) in [6.07, 6.45) is 1.25. The Balaban J connectivity index is 3.44. The van der Waals surface area contributed by atoms with Gasteiger partial charge in [0.1, 0.15) is 0 Å². The first-order valence-electron chi connectivity index (χ1n) is 4.80. The standard InChI is InChI=1S/C9H18N2O2S/c1-3-5-10-8(12)4-6-11-9(13)7(2)14/h7,14H,3-6H2,1-2H3,(H,10,12)(H,11,13). The molecule has 0 aromatic heterocycles. The van der Waals surface area contributed by atoms with Crippen LogP contribution in [0.5, 0.6) is 0 Å². The average molecular weight is 218 g/mol. The first-order valence-corrected chi connectivity index (χ1v) is 5.32. The van der Waals surface area contributed by atoms with Gasteiger partial charge in [-0.1, -0.05) is 6.92 Å². The fraction of sp³-hybridized carbons (Fsp3) is 0.778. The van der Waals surface area contributed by atoms with Crippen molar-refractivity contribution in [2.24, 2.45) is 0 Å². The molecule has 14 heavy (non-hydrogen) atoms. The number of amides is 2. The summed E-state index contributed by atoms with van der Waals surface area (Å²) >= 11 is 3.96. The van der Waals surface area contributed by atoms with Gasteiger partial charge in [-0.05, 0) is 13.3 Å².